The molecule has 1 aliphatic carbocycles. The maximum atomic E-state index is 6.38. The number of hydrogen-bond acceptors (Lipinski definition) is 2. The van der Waals surface area contributed by atoms with E-state index in [1.807, 2.05) is 54.6 Å². The fourth-order valence-electron chi connectivity index (χ4n) is 3.09. The van der Waals surface area contributed by atoms with Crippen LogP contribution in [0.1, 0.15) is 11.1 Å². The zero-order chi connectivity index (χ0) is 16.1. The number of allylic oxidation sites excluding steroid dienone is 2. The van der Waals surface area contributed by atoms with Crippen molar-refractivity contribution >= 4 is 45.6 Å². The van der Waals surface area contributed by atoms with Crippen LogP contribution in [0.2, 0.25) is 5.02 Å². The Morgan fingerprint density at radius 1 is 1.00 bits per heavy atom. The van der Waals surface area contributed by atoms with E-state index in [9.17, 15) is 0 Å². The Hall–Kier alpha value is -2.93. The molecule has 1 aliphatic rings. The third-order valence-electron chi connectivity index (χ3n) is 4.28. The third-order valence-corrected chi connectivity index (χ3v) is 4.59. The molecule has 0 saturated carbocycles. The molecule has 0 bridgehead atoms. The third kappa shape index (κ3) is 1.98. The van der Waals surface area contributed by atoms with Crippen molar-refractivity contribution < 1.29 is 4.42 Å². The minimum absolute atomic E-state index is 0.604. The van der Waals surface area contributed by atoms with Gasteiger partial charge in [0, 0.05) is 23.1 Å². The molecule has 1 heterocycles. The lowest BCUT2D eigenvalue weighted by molar-refractivity contribution is 0.623. The molecule has 0 saturated heterocycles. The topological polar surface area (TPSA) is 26.0 Å². The van der Waals surface area contributed by atoms with Crippen LogP contribution < -0.4 is 0 Å². The van der Waals surface area contributed by atoms with Gasteiger partial charge in [-0.05, 0) is 29.7 Å². The van der Waals surface area contributed by atoms with E-state index in [0.717, 1.165) is 38.6 Å². The van der Waals surface area contributed by atoms with E-state index >= 15 is 0 Å². The Morgan fingerprint density at radius 2 is 1.96 bits per heavy atom. The molecule has 1 aromatic heterocycles. The zero-order valence-corrected chi connectivity index (χ0v) is 13.3. The summed E-state index contributed by atoms with van der Waals surface area (Å²) in [5.74, 6) is 0.604. The van der Waals surface area contributed by atoms with Gasteiger partial charge in [0.1, 0.15) is 17.7 Å². The van der Waals surface area contributed by atoms with Crippen LogP contribution in [-0.2, 0) is 0 Å². The lowest BCUT2D eigenvalue weighted by Gasteiger charge is -2.00. The first-order chi connectivity index (χ1) is 11.8. The summed E-state index contributed by atoms with van der Waals surface area (Å²) in [5.41, 5.74) is 4.77. The molecule has 0 radical (unpaired) electrons. The Labute approximate surface area is 143 Å². The van der Waals surface area contributed by atoms with Crippen LogP contribution in [0.15, 0.2) is 59.0 Å². The van der Waals surface area contributed by atoms with Crippen LogP contribution in [-0.4, -0.2) is 4.98 Å². The van der Waals surface area contributed by atoms with E-state index in [1.54, 1.807) is 0 Å². The van der Waals surface area contributed by atoms with Gasteiger partial charge in [0.05, 0.1) is 22.2 Å². The summed E-state index contributed by atoms with van der Waals surface area (Å²) in [4.78, 5) is 4.65. The molecule has 0 atom stereocenters. The number of nitrogens with zero attached hydrogens (tertiary/aromatic N) is 1. The second kappa shape index (κ2) is 5.04. The van der Waals surface area contributed by atoms with Crippen molar-refractivity contribution in [3.05, 3.63) is 76.8 Å². The van der Waals surface area contributed by atoms with E-state index in [2.05, 4.69) is 23.2 Å². The highest BCUT2D eigenvalue weighted by atomic mass is 35.5. The molecular weight excluding hydrogens is 318 g/mol. The molecule has 0 fully saturated rings. The van der Waals surface area contributed by atoms with Crippen molar-refractivity contribution in [1.82, 2.24) is 4.98 Å². The molecule has 0 aliphatic heterocycles. The molecule has 0 spiro atoms. The van der Waals surface area contributed by atoms with E-state index in [1.165, 1.54) is 0 Å². The molecule has 3 heteroatoms. The summed E-state index contributed by atoms with van der Waals surface area (Å²) < 4.78 is 6.09. The highest BCUT2D eigenvalue weighted by molar-refractivity contribution is 6.37. The fourth-order valence-corrected chi connectivity index (χ4v) is 3.36. The lowest BCUT2D eigenvalue weighted by Crippen LogP contribution is -1.86. The van der Waals surface area contributed by atoms with E-state index in [0.29, 0.717) is 10.9 Å². The second-order valence-electron chi connectivity index (χ2n) is 5.76. The number of oxazole rings is 1. The maximum absolute atomic E-state index is 6.38. The summed E-state index contributed by atoms with van der Waals surface area (Å²) >= 11 is 6.38. The Balaban J connectivity index is 1.75. The molecule has 0 unspecified atom stereocenters. The molecular formula is C21H11ClNO+. The standard InChI is InChI=1S/C21H11ClNO/c22-17-7-3-6-14-10-11-18-20(19(14)17)24-21(23-18)16-9-8-13-4-1-2-5-15(13)12-16/h2-12H/q+1. The van der Waals surface area contributed by atoms with Gasteiger partial charge in [-0.15, -0.1) is 0 Å². The molecule has 24 heavy (non-hydrogen) atoms. The molecule has 2 nitrogen and oxygen atoms in total. The van der Waals surface area contributed by atoms with Gasteiger partial charge in [-0.25, -0.2) is 4.98 Å². The summed E-state index contributed by atoms with van der Waals surface area (Å²) in [7, 11) is 0. The van der Waals surface area contributed by atoms with Crippen LogP contribution in [0, 0.1) is 6.08 Å². The van der Waals surface area contributed by atoms with Crippen LogP contribution >= 0.6 is 11.6 Å². The number of rotatable bonds is 1. The van der Waals surface area contributed by atoms with Crippen molar-refractivity contribution in [2.45, 2.75) is 0 Å². The smallest absolute Gasteiger partial charge is 0.227 e. The Bertz CT molecular complexity index is 1170. The number of halogens is 1. The molecule has 0 N–H and O–H groups in total. The quantitative estimate of drug-likeness (QED) is 0.392. The van der Waals surface area contributed by atoms with Crippen LogP contribution in [0.4, 0.5) is 0 Å². The van der Waals surface area contributed by atoms with E-state index in [-0.39, 0.29) is 0 Å². The van der Waals surface area contributed by atoms with Crippen molar-refractivity contribution in [2.24, 2.45) is 0 Å². The summed E-state index contributed by atoms with van der Waals surface area (Å²) in [5, 5.41) is 2.63. The zero-order valence-electron chi connectivity index (χ0n) is 12.6. The van der Waals surface area contributed by atoms with Crippen molar-refractivity contribution in [2.75, 3.05) is 0 Å². The van der Waals surface area contributed by atoms with Gasteiger partial charge >= 0.3 is 0 Å². The van der Waals surface area contributed by atoms with Crippen LogP contribution in [0.25, 0.3) is 45.5 Å². The summed E-state index contributed by atoms with van der Waals surface area (Å²) in [6, 6.07) is 16.0. The second-order valence-corrected chi connectivity index (χ2v) is 6.17. The van der Waals surface area contributed by atoms with Crippen LogP contribution in [0.3, 0.4) is 0 Å². The SMILES string of the molecule is Clc1cccc2ccc3nc(-c4ccc5c(c4)C=C[C+]=C5)oc3c12. The number of benzene rings is 3. The normalized spacial score (nSPS) is 12.5. The Kier molecular flexibility index (Phi) is 2.83. The van der Waals surface area contributed by atoms with Gasteiger partial charge in [0.25, 0.3) is 0 Å². The largest absolute Gasteiger partial charge is 0.435 e. The van der Waals surface area contributed by atoms with Crippen molar-refractivity contribution in [3.8, 4) is 11.5 Å². The lowest BCUT2D eigenvalue weighted by atomic mass is 10.0. The number of fused-ring (bicyclic) bond motifs is 4. The average molecular weight is 329 g/mol. The van der Waals surface area contributed by atoms with Crippen molar-refractivity contribution in [3.63, 3.8) is 0 Å². The van der Waals surface area contributed by atoms with Gasteiger partial charge in [0.15, 0.2) is 5.58 Å². The monoisotopic (exact) mass is 328 g/mol. The predicted molar refractivity (Wildman–Crippen MR) is 98.7 cm³/mol. The van der Waals surface area contributed by atoms with E-state index in [4.69, 9.17) is 16.0 Å². The molecule has 112 valence electrons. The highest BCUT2D eigenvalue weighted by Crippen LogP contribution is 2.34. The van der Waals surface area contributed by atoms with E-state index < -0.39 is 0 Å². The number of hydrogen-bond donors (Lipinski definition) is 0. The van der Waals surface area contributed by atoms with Crippen molar-refractivity contribution in [1.29, 1.82) is 0 Å². The first-order valence-electron chi connectivity index (χ1n) is 7.68. The average Bonchev–Trinajstić information content (AvgIpc) is 3.05. The highest BCUT2D eigenvalue weighted by Gasteiger charge is 2.16. The first kappa shape index (κ1) is 13.5. The van der Waals surface area contributed by atoms with Gasteiger partial charge in [-0.2, -0.15) is 0 Å². The Morgan fingerprint density at radius 3 is 2.92 bits per heavy atom. The minimum atomic E-state index is 0.604. The minimum Gasteiger partial charge on any atom is -0.435 e. The summed E-state index contributed by atoms with van der Waals surface area (Å²) in [6.07, 6.45) is 9.00. The fraction of sp³-hybridized carbons (Fsp3) is 0. The number of aromatic nitrogens is 1. The molecule has 5 rings (SSSR count). The van der Waals surface area contributed by atoms with Crippen LogP contribution in [0.5, 0.6) is 0 Å². The first-order valence-corrected chi connectivity index (χ1v) is 8.05. The molecule has 3 aromatic carbocycles. The van der Waals surface area contributed by atoms with Gasteiger partial charge in [-0.1, -0.05) is 29.8 Å². The maximum Gasteiger partial charge on any atom is 0.227 e. The predicted octanol–water partition coefficient (Wildman–Crippen LogP) is 6.14. The van der Waals surface area contributed by atoms with Gasteiger partial charge < -0.3 is 4.42 Å². The molecule has 0 amide bonds. The van der Waals surface area contributed by atoms with Gasteiger partial charge in [0.2, 0.25) is 5.89 Å². The molecule has 4 aromatic rings. The van der Waals surface area contributed by atoms with Gasteiger partial charge in [-0.3, -0.25) is 0 Å². The summed E-state index contributed by atoms with van der Waals surface area (Å²) in [6.45, 7) is 0.